The lowest BCUT2D eigenvalue weighted by Gasteiger charge is -2.12. The Morgan fingerprint density at radius 1 is 1.18 bits per heavy atom. The molecule has 2 aromatic carbocycles. The highest BCUT2D eigenvalue weighted by Gasteiger charge is 2.21. The van der Waals surface area contributed by atoms with Crippen LogP contribution in [0.2, 0.25) is 0 Å². The number of hydrogen-bond donors (Lipinski definition) is 1. The van der Waals surface area contributed by atoms with E-state index in [1.54, 1.807) is 18.2 Å². The third-order valence-electron chi connectivity index (χ3n) is 3.61. The second-order valence-corrected chi connectivity index (χ2v) is 5.79. The zero-order chi connectivity index (χ0) is 20.3. The lowest BCUT2D eigenvalue weighted by atomic mass is 10.1. The second-order valence-electron chi connectivity index (χ2n) is 5.41. The van der Waals surface area contributed by atoms with Gasteiger partial charge in [0.15, 0.2) is 17.4 Å². The predicted molar refractivity (Wildman–Crippen MR) is 94.0 cm³/mol. The number of H-pyrrole nitrogens is 1. The summed E-state index contributed by atoms with van der Waals surface area (Å²) in [5.41, 5.74) is 0.944. The van der Waals surface area contributed by atoms with E-state index >= 15 is 0 Å². The van der Waals surface area contributed by atoms with E-state index in [4.69, 9.17) is 21.7 Å². The summed E-state index contributed by atoms with van der Waals surface area (Å²) in [6, 6.07) is 4.92. The first-order valence-electron chi connectivity index (χ1n) is 7.69. The minimum absolute atomic E-state index is 0.107. The number of methoxy groups -OCH3 is 1. The molecule has 0 saturated heterocycles. The van der Waals surface area contributed by atoms with Crippen molar-refractivity contribution in [1.29, 1.82) is 0 Å². The SMILES string of the molecule is COc1ccc(/C=N\n2cn[nH]c2=S)cc1COc1c(F)c(F)cc(F)c1F. The number of hydrogen-bond acceptors (Lipinski definition) is 5. The maximum absolute atomic E-state index is 13.7. The van der Waals surface area contributed by atoms with Gasteiger partial charge in [-0.2, -0.15) is 23.7 Å². The van der Waals surface area contributed by atoms with Gasteiger partial charge in [-0.1, -0.05) is 0 Å². The van der Waals surface area contributed by atoms with E-state index in [1.165, 1.54) is 24.3 Å². The third-order valence-corrected chi connectivity index (χ3v) is 3.89. The summed E-state index contributed by atoms with van der Waals surface area (Å²) in [5, 5.41) is 10.4. The van der Waals surface area contributed by atoms with Gasteiger partial charge >= 0.3 is 0 Å². The Hall–Kier alpha value is -3.21. The van der Waals surface area contributed by atoms with Gasteiger partial charge in [0.1, 0.15) is 18.7 Å². The minimum Gasteiger partial charge on any atom is -0.496 e. The largest absolute Gasteiger partial charge is 0.496 e. The van der Waals surface area contributed by atoms with E-state index in [2.05, 4.69) is 15.3 Å². The van der Waals surface area contributed by atoms with Crippen molar-refractivity contribution in [1.82, 2.24) is 14.9 Å². The Bertz CT molecular complexity index is 1070. The van der Waals surface area contributed by atoms with Crippen molar-refractivity contribution in [3.63, 3.8) is 0 Å². The van der Waals surface area contributed by atoms with Crippen LogP contribution in [0.4, 0.5) is 17.6 Å². The Morgan fingerprint density at radius 2 is 1.89 bits per heavy atom. The molecule has 146 valence electrons. The van der Waals surface area contributed by atoms with Gasteiger partial charge in [0.2, 0.25) is 16.4 Å². The van der Waals surface area contributed by atoms with Crippen LogP contribution in [0.15, 0.2) is 35.7 Å². The number of rotatable bonds is 6. The first-order chi connectivity index (χ1) is 13.4. The molecule has 11 heteroatoms. The van der Waals surface area contributed by atoms with Crippen LogP contribution in [0.5, 0.6) is 11.5 Å². The monoisotopic (exact) mass is 412 g/mol. The molecule has 6 nitrogen and oxygen atoms in total. The highest BCUT2D eigenvalue weighted by molar-refractivity contribution is 7.71. The summed E-state index contributed by atoms with van der Waals surface area (Å²) < 4.78 is 65.8. The highest BCUT2D eigenvalue weighted by Crippen LogP contribution is 2.28. The Labute approximate surface area is 161 Å². The van der Waals surface area contributed by atoms with Gasteiger partial charge in [-0.05, 0) is 36.0 Å². The summed E-state index contributed by atoms with van der Waals surface area (Å²) >= 11 is 4.97. The van der Waals surface area contributed by atoms with Crippen LogP contribution in [-0.2, 0) is 6.61 Å². The third kappa shape index (κ3) is 4.03. The molecule has 0 amide bonds. The fourth-order valence-corrected chi connectivity index (χ4v) is 2.42. The average Bonchev–Trinajstić information content (AvgIpc) is 3.09. The van der Waals surface area contributed by atoms with Crippen LogP contribution in [0.3, 0.4) is 0 Å². The maximum Gasteiger partial charge on any atom is 0.216 e. The average molecular weight is 412 g/mol. The van der Waals surface area contributed by atoms with Crippen molar-refractivity contribution in [2.75, 3.05) is 7.11 Å². The summed E-state index contributed by atoms with van der Waals surface area (Å²) in [4.78, 5) is 0. The molecule has 3 rings (SSSR count). The fourth-order valence-electron chi connectivity index (χ4n) is 2.27. The zero-order valence-electron chi connectivity index (χ0n) is 14.2. The van der Waals surface area contributed by atoms with Crippen LogP contribution in [0.25, 0.3) is 0 Å². The predicted octanol–water partition coefficient (Wildman–Crippen LogP) is 3.97. The molecule has 0 atom stereocenters. The molecule has 0 saturated carbocycles. The molecule has 3 aromatic rings. The van der Waals surface area contributed by atoms with E-state index in [0.717, 1.165) is 0 Å². The topological polar surface area (TPSA) is 64.4 Å². The fraction of sp³-hybridized carbons (Fsp3) is 0.118. The van der Waals surface area contributed by atoms with E-state index in [9.17, 15) is 17.6 Å². The lowest BCUT2D eigenvalue weighted by molar-refractivity contribution is 0.256. The molecular formula is C17H12F4N4O2S. The molecule has 0 fully saturated rings. The Morgan fingerprint density at radius 3 is 2.50 bits per heavy atom. The van der Waals surface area contributed by atoms with Crippen LogP contribution < -0.4 is 9.47 Å². The maximum atomic E-state index is 13.7. The Balaban J connectivity index is 1.87. The molecule has 1 N–H and O–H groups in total. The Kier molecular flexibility index (Phi) is 5.73. The molecule has 0 unspecified atom stereocenters. The lowest BCUT2D eigenvalue weighted by Crippen LogP contribution is -2.05. The van der Waals surface area contributed by atoms with Crippen LogP contribution >= 0.6 is 12.2 Å². The van der Waals surface area contributed by atoms with E-state index in [-0.39, 0.29) is 10.8 Å². The molecule has 0 aliphatic rings. The number of nitrogens with one attached hydrogen (secondary N) is 1. The van der Waals surface area contributed by atoms with E-state index in [1.807, 2.05) is 0 Å². The summed E-state index contributed by atoms with van der Waals surface area (Å²) in [7, 11) is 1.39. The minimum atomic E-state index is -1.62. The van der Waals surface area contributed by atoms with Gasteiger partial charge in [-0.15, -0.1) is 0 Å². The number of aromatic amines is 1. The van der Waals surface area contributed by atoms with Crippen LogP contribution in [0, 0.1) is 28.0 Å². The quantitative estimate of drug-likeness (QED) is 0.288. The highest BCUT2D eigenvalue weighted by atomic mass is 32.1. The first kappa shape index (κ1) is 19.5. The number of nitrogens with zero attached hydrogens (tertiary/aromatic N) is 3. The van der Waals surface area contributed by atoms with Crippen molar-refractivity contribution >= 4 is 18.4 Å². The van der Waals surface area contributed by atoms with Crippen molar-refractivity contribution < 1.29 is 27.0 Å². The van der Waals surface area contributed by atoms with E-state index in [0.29, 0.717) is 16.9 Å². The van der Waals surface area contributed by atoms with Gasteiger partial charge in [-0.3, -0.25) is 5.10 Å². The van der Waals surface area contributed by atoms with Gasteiger partial charge in [-0.25, -0.2) is 8.78 Å². The molecule has 1 heterocycles. The first-order valence-corrected chi connectivity index (χ1v) is 8.10. The summed E-state index contributed by atoms with van der Waals surface area (Å²) in [6.07, 6.45) is 2.83. The molecule has 0 aliphatic carbocycles. The van der Waals surface area contributed by atoms with Crippen LogP contribution in [-0.4, -0.2) is 28.2 Å². The molecule has 28 heavy (non-hydrogen) atoms. The van der Waals surface area contributed by atoms with E-state index < -0.39 is 35.6 Å². The number of halogens is 4. The summed E-state index contributed by atoms with van der Waals surface area (Å²) in [5.74, 6) is -7.16. The van der Waals surface area contributed by atoms with Crippen molar-refractivity contribution in [2.45, 2.75) is 6.61 Å². The second kappa shape index (κ2) is 8.21. The zero-order valence-corrected chi connectivity index (χ0v) is 15.1. The molecule has 0 spiro atoms. The van der Waals surface area contributed by atoms with Crippen molar-refractivity contribution in [3.05, 3.63) is 69.8 Å². The molecule has 0 aliphatic heterocycles. The van der Waals surface area contributed by atoms with Crippen molar-refractivity contribution in [3.8, 4) is 11.5 Å². The molecule has 1 aromatic heterocycles. The molecular weight excluding hydrogens is 400 g/mol. The summed E-state index contributed by atoms with van der Waals surface area (Å²) in [6.45, 7) is -0.410. The van der Waals surface area contributed by atoms with Gasteiger partial charge < -0.3 is 9.47 Å². The van der Waals surface area contributed by atoms with Crippen molar-refractivity contribution in [2.24, 2.45) is 5.10 Å². The van der Waals surface area contributed by atoms with Crippen LogP contribution in [0.1, 0.15) is 11.1 Å². The molecule has 0 bridgehead atoms. The van der Waals surface area contributed by atoms with Gasteiger partial charge in [0.05, 0.1) is 13.3 Å². The smallest absolute Gasteiger partial charge is 0.216 e. The molecule has 0 radical (unpaired) electrons. The number of benzene rings is 2. The number of aromatic nitrogens is 3. The van der Waals surface area contributed by atoms with Gasteiger partial charge in [0.25, 0.3) is 0 Å². The normalized spacial score (nSPS) is 11.2. The number of ether oxygens (including phenoxy) is 2. The standard InChI is InChI=1S/C17H12F4N4O2S/c1-26-13-3-2-9(6-23-25-8-22-24-17(25)28)4-10(13)7-27-16-14(20)11(18)5-12(19)15(16)21/h2-6,8H,7H2,1H3,(H,24,28)/b23-6-. The van der Waals surface area contributed by atoms with Gasteiger partial charge in [0, 0.05) is 11.6 Å².